The molecule has 0 saturated carbocycles. The molecule has 3 heterocycles. The molecule has 0 N–H and O–H groups in total. The lowest BCUT2D eigenvalue weighted by atomic mass is 10.2. The molecule has 0 aliphatic carbocycles. The van der Waals surface area contributed by atoms with Gasteiger partial charge in [0.1, 0.15) is 12.7 Å². The highest BCUT2D eigenvalue weighted by atomic mass is 16.5. The number of rotatable bonds is 5. The Hall–Kier alpha value is -1.73. The molecule has 2 aromatic heterocycles. The Balaban J connectivity index is 1.48. The standard InChI is InChI=1S/C13H20N6O/c1-12-6-15-19(7-12)9-13-8-17(4-5-20-13)2-3-18-11-14-10-16-18/h6-7,10-11,13H,2-5,8-9H2,1H3/t13-/m1/s1. The zero-order chi connectivity index (χ0) is 13.8. The zero-order valence-electron chi connectivity index (χ0n) is 11.7. The van der Waals surface area contributed by atoms with Gasteiger partial charge in [0.05, 0.1) is 32.0 Å². The van der Waals surface area contributed by atoms with E-state index in [1.165, 1.54) is 5.56 Å². The molecule has 1 aliphatic rings. The fourth-order valence-corrected chi connectivity index (χ4v) is 2.46. The summed E-state index contributed by atoms with van der Waals surface area (Å²) in [6.45, 7) is 7.40. The van der Waals surface area contributed by atoms with Crippen LogP contribution < -0.4 is 0 Å². The van der Waals surface area contributed by atoms with Gasteiger partial charge in [-0.15, -0.1) is 0 Å². The lowest BCUT2D eigenvalue weighted by molar-refractivity contribution is -0.0384. The van der Waals surface area contributed by atoms with Crippen molar-refractivity contribution in [3.05, 3.63) is 30.6 Å². The second-order valence-electron chi connectivity index (χ2n) is 5.19. The molecule has 0 spiro atoms. The largest absolute Gasteiger partial charge is 0.374 e. The predicted molar refractivity (Wildman–Crippen MR) is 73.2 cm³/mol. The summed E-state index contributed by atoms with van der Waals surface area (Å²) < 4.78 is 9.64. The highest BCUT2D eigenvalue weighted by Gasteiger charge is 2.20. The van der Waals surface area contributed by atoms with E-state index in [4.69, 9.17) is 4.74 Å². The summed E-state index contributed by atoms with van der Waals surface area (Å²) in [7, 11) is 0. The van der Waals surface area contributed by atoms with Gasteiger partial charge in [-0.25, -0.2) is 4.98 Å². The lowest BCUT2D eigenvalue weighted by Gasteiger charge is -2.32. The molecular formula is C13H20N6O. The molecule has 1 saturated heterocycles. The Labute approximate surface area is 118 Å². The van der Waals surface area contributed by atoms with E-state index in [1.54, 1.807) is 12.7 Å². The van der Waals surface area contributed by atoms with Crippen molar-refractivity contribution in [1.82, 2.24) is 29.4 Å². The molecule has 0 radical (unpaired) electrons. The fraction of sp³-hybridized carbons (Fsp3) is 0.615. The third-order valence-corrected chi connectivity index (χ3v) is 3.49. The molecule has 0 amide bonds. The maximum Gasteiger partial charge on any atom is 0.137 e. The first-order valence-electron chi connectivity index (χ1n) is 6.95. The maximum atomic E-state index is 5.82. The van der Waals surface area contributed by atoms with Crippen LogP contribution in [0.15, 0.2) is 25.0 Å². The topological polar surface area (TPSA) is 61.0 Å². The minimum Gasteiger partial charge on any atom is -0.374 e. The van der Waals surface area contributed by atoms with Crippen molar-refractivity contribution in [2.45, 2.75) is 26.1 Å². The van der Waals surface area contributed by atoms with Gasteiger partial charge in [0.15, 0.2) is 0 Å². The Bertz CT molecular complexity index is 523. The molecule has 108 valence electrons. The molecular weight excluding hydrogens is 256 g/mol. The van der Waals surface area contributed by atoms with Crippen LogP contribution in [0.2, 0.25) is 0 Å². The molecule has 3 rings (SSSR count). The van der Waals surface area contributed by atoms with E-state index in [0.717, 1.165) is 39.3 Å². The Kier molecular flexibility index (Phi) is 4.08. The number of hydrogen-bond acceptors (Lipinski definition) is 5. The molecule has 0 bridgehead atoms. The van der Waals surface area contributed by atoms with Crippen molar-refractivity contribution in [3.8, 4) is 0 Å². The Morgan fingerprint density at radius 2 is 2.25 bits per heavy atom. The second kappa shape index (κ2) is 6.15. The first-order chi connectivity index (χ1) is 9.79. The van der Waals surface area contributed by atoms with Crippen LogP contribution in [0.25, 0.3) is 0 Å². The van der Waals surface area contributed by atoms with Crippen LogP contribution in [0, 0.1) is 6.92 Å². The van der Waals surface area contributed by atoms with Gasteiger partial charge in [0.2, 0.25) is 0 Å². The van der Waals surface area contributed by atoms with Crippen LogP contribution in [0.1, 0.15) is 5.56 Å². The molecule has 7 nitrogen and oxygen atoms in total. The molecule has 1 aliphatic heterocycles. The van der Waals surface area contributed by atoms with Crippen LogP contribution in [0.3, 0.4) is 0 Å². The Morgan fingerprint density at radius 3 is 3.00 bits per heavy atom. The third-order valence-electron chi connectivity index (χ3n) is 3.49. The summed E-state index contributed by atoms with van der Waals surface area (Å²) in [6, 6.07) is 0. The first kappa shape index (κ1) is 13.3. The SMILES string of the molecule is Cc1cnn(C[C@H]2CN(CCn3cncn3)CCO2)c1. The van der Waals surface area contributed by atoms with E-state index in [1.807, 2.05) is 15.6 Å². The summed E-state index contributed by atoms with van der Waals surface area (Å²) in [5.74, 6) is 0. The summed E-state index contributed by atoms with van der Waals surface area (Å²) in [6.07, 6.45) is 7.47. The fourth-order valence-electron chi connectivity index (χ4n) is 2.46. The van der Waals surface area contributed by atoms with Gasteiger partial charge in [-0.3, -0.25) is 14.3 Å². The second-order valence-corrected chi connectivity index (χ2v) is 5.19. The number of morpholine rings is 1. The Morgan fingerprint density at radius 1 is 1.30 bits per heavy atom. The molecule has 1 fully saturated rings. The summed E-state index contributed by atoms with van der Waals surface area (Å²) in [5, 5.41) is 8.44. The highest BCUT2D eigenvalue weighted by molar-refractivity contribution is 4.99. The molecule has 2 aromatic rings. The summed E-state index contributed by atoms with van der Waals surface area (Å²) >= 11 is 0. The quantitative estimate of drug-likeness (QED) is 0.780. The smallest absolute Gasteiger partial charge is 0.137 e. The highest BCUT2D eigenvalue weighted by Crippen LogP contribution is 2.08. The average Bonchev–Trinajstić information content (AvgIpc) is 3.09. The van der Waals surface area contributed by atoms with Crippen LogP contribution in [-0.4, -0.2) is 61.8 Å². The van der Waals surface area contributed by atoms with E-state index >= 15 is 0 Å². The van der Waals surface area contributed by atoms with Gasteiger partial charge in [-0.05, 0) is 12.5 Å². The number of aromatic nitrogens is 5. The molecule has 1 atom stereocenters. The van der Waals surface area contributed by atoms with Gasteiger partial charge in [0, 0.05) is 25.8 Å². The predicted octanol–water partition coefficient (Wildman–Crippen LogP) is 0.184. The maximum absolute atomic E-state index is 5.82. The third kappa shape index (κ3) is 3.43. The summed E-state index contributed by atoms with van der Waals surface area (Å²) in [5.41, 5.74) is 1.18. The molecule has 0 unspecified atom stereocenters. The van der Waals surface area contributed by atoms with Crippen LogP contribution in [0.5, 0.6) is 0 Å². The minimum absolute atomic E-state index is 0.207. The van der Waals surface area contributed by atoms with E-state index in [-0.39, 0.29) is 6.10 Å². The average molecular weight is 276 g/mol. The van der Waals surface area contributed by atoms with Crippen molar-refractivity contribution in [3.63, 3.8) is 0 Å². The molecule has 20 heavy (non-hydrogen) atoms. The van der Waals surface area contributed by atoms with E-state index < -0.39 is 0 Å². The lowest BCUT2D eigenvalue weighted by Crippen LogP contribution is -2.45. The van der Waals surface area contributed by atoms with Gasteiger partial charge in [-0.1, -0.05) is 0 Å². The van der Waals surface area contributed by atoms with Gasteiger partial charge in [0.25, 0.3) is 0 Å². The van der Waals surface area contributed by atoms with Crippen LogP contribution in [-0.2, 0) is 17.8 Å². The van der Waals surface area contributed by atoms with E-state index in [9.17, 15) is 0 Å². The van der Waals surface area contributed by atoms with Crippen LogP contribution in [0.4, 0.5) is 0 Å². The van der Waals surface area contributed by atoms with Crippen molar-refractivity contribution < 1.29 is 4.74 Å². The van der Waals surface area contributed by atoms with Crippen LogP contribution >= 0.6 is 0 Å². The molecule has 0 aromatic carbocycles. The normalized spacial score (nSPS) is 20.4. The van der Waals surface area contributed by atoms with E-state index in [0.29, 0.717) is 0 Å². The van der Waals surface area contributed by atoms with E-state index in [2.05, 4.69) is 33.2 Å². The zero-order valence-corrected chi connectivity index (χ0v) is 11.7. The number of ether oxygens (including phenoxy) is 1. The number of hydrogen-bond donors (Lipinski definition) is 0. The number of aryl methyl sites for hydroxylation is 1. The monoisotopic (exact) mass is 276 g/mol. The van der Waals surface area contributed by atoms with Crippen molar-refractivity contribution in [1.29, 1.82) is 0 Å². The van der Waals surface area contributed by atoms with Crippen molar-refractivity contribution in [2.24, 2.45) is 0 Å². The number of nitrogens with zero attached hydrogens (tertiary/aromatic N) is 6. The van der Waals surface area contributed by atoms with Crippen molar-refractivity contribution >= 4 is 0 Å². The first-order valence-corrected chi connectivity index (χ1v) is 6.95. The van der Waals surface area contributed by atoms with Gasteiger partial charge in [-0.2, -0.15) is 10.2 Å². The summed E-state index contributed by atoms with van der Waals surface area (Å²) in [4.78, 5) is 6.37. The van der Waals surface area contributed by atoms with Gasteiger partial charge >= 0.3 is 0 Å². The van der Waals surface area contributed by atoms with Crippen molar-refractivity contribution in [2.75, 3.05) is 26.2 Å². The molecule has 7 heteroatoms. The van der Waals surface area contributed by atoms with Gasteiger partial charge < -0.3 is 4.74 Å². The minimum atomic E-state index is 0.207.